The standard InChI is InChI=1S/C16H15NO/c1-11-7-12(2)9-13(8-11)14-5-4-6-16(18-3)15(14)10-17/h4-9H,1-3H3. The van der Waals surface area contributed by atoms with Crippen LogP contribution in [0.2, 0.25) is 0 Å². The van der Waals surface area contributed by atoms with E-state index in [-0.39, 0.29) is 0 Å². The molecule has 2 aromatic rings. The summed E-state index contributed by atoms with van der Waals surface area (Å²) >= 11 is 0. The van der Waals surface area contributed by atoms with Crippen molar-refractivity contribution < 1.29 is 4.74 Å². The molecule has 2 nitrogen and oxygen atoms in total. The maximum absolute atomic E-state index is 9.30. The van der Waals surface area contributed by atoms with E-state index in [0.29, 0.717) is 11.3 Å². The molecule has 90 valence electrons. The Morgan fingerprint density at radius 1 is 1.06 bits per heavy atom. The average molecular weight is 237 g/mol. The fourth-order valence-electron chi connectivity index (χ4n) is 2.19. The molecular formula is C16H15NO. The summed E-state index contributed by atoms with van der Waals surface area (Å²) < 4.78 is 5.24. The summed E-state index contributed by atoms with van der Waals surface area (Å²) in [5, 5.41) is 9.30. The SMILES string of the molecule is COc1cccc(-c2cc(C)cc(C)c2)c1C#N. The zero-order valence-corrected chi connectivity index (χ0v) is 10.8. The monoisotopic (exact) mass is 237 g/mol. The van der Waals surface area contributed by atoms with Crippen LogP contribution in [0.5, 0.6) is 5.75 Å². The Morgan fingerprint density at radius 3 is 2.28 bits per heavy atom. The van der Waals surface area contributed by atoms with Crippen LogP contribution in [0.3, 0.4) is 0 Å². The fourth-order valence-corrected chi connectivity index (χ4v) is 2.19. The Bertz CT molecular complexity index is 603. The van der Waals surface area contributed by atoms with Crippen LogP contribution in [0, 0.1) is 25.2 Å². The highest BCUT2D eigenvalue weighted by atomic mass is 16.5. The highest BCUT2D eigenvalue weighted by Gasteiger charge is 2.10. The summed E-state index contributed by atoms with van der Waals surface area (Å²) in [7, 11) is 1.58. The van der Waals surface area contributed by atoms with E-state index in [1.165, 1.54) is 11.1 Å². The van der Waals surface area contributed by atoms with Gasteiger partial charge in [0.25, 0.3) is 0 Å². The third kappa shape index (κ3) is 2.21. The zero-order valence-electron chi connectivity index (χ0n) is 10.8. The van der Waals surface area contributed by atoms with E-state index in [9.17, 15) is 5.26 Å². The Hall–Kier alpha value is -2.27. The normalized spacial score (nSPS) is 9.89. The Labute approximate surface area is 107 Å². The second-order valence-corrected chi connectivity index (χ2v) is 4.37. The van der Waals surface area contributed by atoms with Crippen LogP contribution < -0.4 is 4.74 Å². The molecule has 0 radical (unpaired) electrons. The van der Waals surface area contributed by atoms with E-state index < -0.39 is 0 Å². The van der Waals surface area contributed by atoms with Gasteiger partial charge in [0.05, 0.1) is 7.11 Å². The third-order valence-electron chi connectivity index (χ3n) is 2.89. The number of methoxy groups -OCH3 is 1. The Morgan fingerprint density at radius 2 is 1.72 bits per heavy atom. The van der Waals surface area contributed by atoms with Crippen molar-refractivity contribution in [2.45, 2.75) is 13.8 Å². The van der Waals surface area contributed by atoms with Gasteiger partial charge in [0.2, 0.25) is 0 Å². The van der Waals surface area contributed by atoms with Crippen LogP contribution in [0.1, 0.15) is 16.7 Å². The minimum Gasteiger partial charge on any atom is -0.495 e. The molecule has 2 aromatic carbocycles. The molecule has 2 rings (SSSR count). The number of rotatable bonds is 2. The number of hydrogen-bond acceptors (Lipinski definition) is 2. The zero-order chi connectivity index (χ0) is 13.1. The molecule has 0 aliphatic heterocycles. The van der Waals surface area contributed by atoms with E-state index in [4.69, 9.17) is 4.74 Å². The minimum atomic E-state index is 0.588. The highest BCUT2D eigenvalue weighted by Crippen LogP contribution is 2.31. The van der Waals surface area contributed by atoms with Gasteiger partial charge in [0.15, 0.2) is 0 Å². The summed E-state index contributed by atoms with van der Waals surface area (Å²) in [6.45, 7) is 4.12. The van der Waals surface area contributed by atoms with Gasteiger partial charge in [-0.3, -0.25) is 0 Å². The summed E-state index contributed by atoms with van der Waals surface area (Å²) in [6, 6.07) is 14.2. The number of ether oxygens (including phenoxy) is 1. The van der Waals surface area contributed by atoms with Crippen LogP contribution in [0.25, 0.3) is 11.1 Å². The van der Waals surface area contributed by atoms with Gasteiger partial charge in [-0.25, -0.2) is 0 Å². The molecule has 0 fully saturated rings. The number of nitriles is 1. The fraction of sp³-hybridized carbons (Fsp3) is 0.188. The molecule has 18 heavy (non-hydrogen) atoms. The Kier molecular flexibility index (Phi) is 3.34. The molecule has 0 aliphatic carbocycles. The summed E-state index contributed by atoms with van der Waals surface area (Å²) in [6.07, 6.45) is 0. The molecule has 0 saturated carbocycles. The van der Waals surface area contributed by atoms with E-state index in [0.717, 1.165) is 11.1 Å². The summed E-state index contributed by atoms with van der Waals surface area (Å²) in [5.74, 6) is 0.620. The summed E-state index contributed by atoms with van der Waals surface area (Å²) in [4.78, 5) is 0. The number of benzene rings is 2. The number of nitrogens with zero attached hydrogens (tertiary/aromatic N) is 1. The maximum Gasteiger partial charge on any atom is 0.137 e. The van der Waals surface area contributed by atoms with Crippen molar-refractivity contribution in [3.05, 3.63) is 53.1 Å². The van der Waals surface area contributed by atoms with Crippen LogP contribution >= 0.6 is 0 Å². The van der Waals surface area contributed by atoms with Gasteiger partial charge in [-0.15, -0.1) is 0 Å². The molecule has 0 saturated heterocycles. The average Bonchev–Trinajstić information content (AvgIpc) is 2.36. The molecule has 0 aromatic heterocycles. The second kappa shape index (κ2) is 4.93. The van der Waals surface area contributed by atoms with Gasteiger partial charge in [0.1, 0.15) is 17.4 Å². The first-order valence-corrected chi connectivity index (χ1v) is 5.81. The smallest absolute Gasteiger partial charge is 0.137 e. The molecule has 0 amide bonds. The van der Waals surface area contributed by atoms with Crippen molar-refractivity contribution in [3.63, 3.8) is 0 Å². The quantitative estimate of drug-likeness (QED) is 0.794. The van der Waals surface area contributed by atoms with Gasteiger partial charge < -0.3 is 4.74 Å². The largest absolute Gasteiger partial charge is 0.495 e. The van der Waals surface area contributed by atoms with Crippen molar-refractivity contribution in [3.8, 4) is 22.9 Å². The van der Waals surface area contributed by atoms with Crippen molar-refractivity contribution in [1.82, 2.24) is 0 Å². The van der Waals surface area contributed by atoms with E-state index in [1.54, 1.807) is 7.11 Å². The lowest BCUT2D eigenvalue weighted by molar-refractivity contribution is 0.413. The van der Waals surface area contributed by atoms with E-state index in [2.05, 4.69) is 38.1 Å². The molecule has 0 aliphatic rings. The van der Waals surface area contributed by atoms with Crippen LogP contribution in [0.4, 0.5) is 0 Å². The first-order valence-electron chi connectivity index (χ1n) is 5.81. The number of aryl methyl sites for hydroxylation is 2. The van der Waals surface area contributed by atoms with Crippen molar-refractivity contribution in [1.29, 1.82) is 5.26 Å². The van der Waals surface area contributed by atoms with Crippen molar-refractivity contribution in [2.75, 3.05) is 7.11 Å². The molecule has 0 heterocycles. The lowest BCUT2D eigenvalue weighted by Gasteiger charge is -2.10. The molecule has 2 heteroatoms. The predicted octanol–water partition coefficient (Wildman–Crippen LogP) is 3.85. The van der Waals surface area contributed by atoms with Crippen molar-refractivity contribution >= 4 is 0 Å². The molecular weight excluding hydrogens is 222 g/mol. The van der Waals surface area contributed by atoms with Gasteiger partial charge in [-0.2, -0.15) is 5.26 Å². The van der Waals surface area contributed by atoms with E-state index >= 15 is 0 Å². The molecule has 0 spiro atoms. The van der Waals surface area contributed by atoms with E-state index in [1.807, 2.05) is 18.2 Å². The first kappa shape index (κ1) is 12.2. The minimum absolute atomic E-state index is 0.588. The van der Waals surface area contributed by atoms with Crippen molar-refractivity contribution in [2.24, 2.45) is 0 Å². The van der Waals surface area contributed by atoms with Crippen LogP contribution in [-0.2, 0) is 0 Å². The van der Waals surface area contributed by atoms with Crippen LogP contribution in [0.15, 0.2) is 36.4 Å². The molecule has 0 N–H and O–H groups in total. The molecule has 0 bridgehead atoms. The van der Waals surface area contributed by atoms with Gasteiger partial charge in [-0.05, 0) is 25.5 Å². The van der Waals surface area contributed by atoms with Crippen LogP contribution in [-0.4, -0.2) is 7.11 Å². The summed E-state index contributed by atoms with van der Waals surface area (Å²) in [5.41, 5.74) is 4.95. The second-order valence-electron chi connectivity index (χ2n) is 4.37. The third-order valence-corrected chi connectivity index (χ3v) is 2.89. The number of hydrogen-bond donors (Lipinski definition) is 0. The van der Waals surface area contributed by atoms with Gasteiger partial charge in [-0.1, -0.05) is 41.5 Å². The highest BCUT2D eigenvalue weighted by molar-refractivity contribution is 5.74. The first-order chi connectivity index (χ1) is 8.65. The molecule has 0 unspecified atom stereocenters. The Balaban J connectivity index is 2.67. The van der Waals surface area contributed by atoms with Gasteiger partial charge in [0, 0.05) is 5.56 Å². The molecule has 0 atom stereocenters. The lowest BCUT2D eigenvalue weighted by Crippen LogP contribution is -1.92. The van der Waals surface area contributed by atoms with Gasteiger partial charge >= 0.3 is 0 Å². The topological polar surface area (TPSA) is 33.0 Å². The maximum atomic E-state index is 9.30. The lowest BCUT2D eigenvalue weighted by atomic mass is 9.96. The predicted molar refractivity (Wildman–Crippen MR) is 72.6 cm³/mol.